The molecule has 0 radical (unpaired) electrons. The normalized spacial score (nSPS) is 11.4. The Morgan fingerprint density at radius 3 is 2.29 bits per heavy atom. The topological polar surface area (TPSA) is 85.9 Å². The highest BCUT2D eigenvalue weighted by Gasteiger charge is 2.16. The van der Waals surface area contributed by atoms with Gasteiger partial charge >= 0.3 is 0 Å². The molecule has 2 amide bonds. The molecule has 0 spiro atoms. The van der Waals surface area contributed by atoms with Gasteiger partial charge in [-0.3, -0.25) is 9.59 Å². The van der Waals surface area contributed by atoms with Crippen LogP contribution in [0.3, 0.4) is 0 Å². The quantitative estimate of drug-likeness (QED) is 0.532. The second kappa shape index (κ2) is 11.8. The lowest BCUT2D eigenvalue weighted by molar-refractivity contribution is -0.120. The van der Waals surface area contributed by atoms with E-state index in [1.807, 2.05) is 26.0 Å². The van der Waals surface area contributed by atoms with Crippen LogP contribution in [0.2, 0.25) is 0 Å². The Labute approximate surface area is 184 Å². The lowest BCUT2D eigenvalue weighted by atomic mass is 10.0. The number of carbonyl (C=O) groups is 2. The summed E-state index contributed by atoms with van der Waals surface area (Å²) in [6.45, 7) is 6.45. The molecule has 2 aromatic carbocycles. The van der Waals surface area contributed by atoms with Crippen molar-refractivity contribution in [3.8, 4) is 17.2 Å². The van der Waals surface area contributed by atoms with Crippen LogP contribution in [0.25, 0.3) is 0 Å². The molecule has 0 aliphatic heterocycles. The number of unbranched alkanes of at least 4 members (excludes halogenated alkanes) is 1. The van der Waals surface area contributed by atoms with Crippen LogP contribution in [-0.2, 0) is 4.79 Å². The van der Waals surface area contributed by atoms with E-state index >= 15 is 0 Å². The van der Waals surface area contributed by atoms with Crippen LogP contribution >= 0.6 is 0 Å². The van der Waals surface area contributed by atoms with E-state index < -0.39 is 0 Å². The second-order valence-corrected chi connectivity index (χ2v) is 7.26. The van der Waals surface area contributed by atoms with Crippen molar-refractivity contribution in [2.24, 2.45) is 0 Å². The number of benzene rings is 2. The number of nitrogens with one attached hydrogen (secondary N) is 2. The maximum atomic E-state index is 12.4. The van der Waals surface area contributed by atoms with Gasteiger partial charge in [0.05, 0.1) is 33.4 Å². The molecular formula is C24H32N2O5. The smallest absolute Gasteiger partial charge is 0.251 e. The molecule has 1 atom stereocenters. The Bertz CT molecular complexity index is 880. The van der Waals surface area contributed by atoms with Crippen molar-refractivity contribution >= 4 is 11.8 Å². The number of hydrogen-bond acceptors (Lipinski definition) is 5. The molecule has 0 aliphatic rings. The Balaban J connectivity index is 1.89. The third kappa shape index (κ3) is 6.91. The van der Waals surface area contributed by atoms with Gasteiger partial charge in [-0.2, -0.15) is 0 Å². The van der Waals surface area contributed by atoms with Crippen molar-refractivity contribution in [3.63, 3.8) is 0 Å². The molecule has 7 nitrogen and oxygen atoms in total. The van der Waals surface area contributed by atoms with E-state index in [1.54, 1.807) is 38.5 Å². The first-order valence-corrected chi connectivity index (χ1v) is 10.4. The predicted octanol–water partition coefficient (Wildman–Crippen LogP) is 3.80. The molecule has 31 heavy (non-hydrogen) atoms. The van der Waals surface area contributed by atoms with E-state index in [2.05, 4.69) is 17.6 Å². The second-order valence-electron chi connectivity index (χ2n) is 7.26. The van der Waals surface area contributed by atoms with Crippen LogP contribution < -0.4 is 24.8 Å². The number of methoxy groups -OCH3 is 2. The summed E-state index contributed by atoms with van der Waals surface area (Å²) >= 11 is 0. The molecule has 0 fully saturated rings. The van der Waals surface area contributed by atoms with Gasteiger partial charge in [-0.1, -0.05) is 13.3 Å². The summed E-state index contributed by atoms with van der Waals surface area (Å²) in [7, 11) is 3.15. The zero-order valence-electron chi connectivity index (χ0n) is 18.9. The van der Waals surface area contributed by atoms with Gasteiger partial charge in [-0.15, -0.1) is 0 Å². The van der Waals surface area contributed by atoms with Gasteiger partial charge < -0.3 is 24.8 Å². The minimum atomic E-state index is -0.315. The van der Waals surface area contributed by atoms with Gasteiger partial charge in [-0.25, -0.2) is 0 Å². The van der Waals surface area contributed by atoms with Crippen molar-refractivity contribution in [2.45, 2.75) is 39.7 Å². The Morgan fingerprint density at radius 2 is 1.68 bits per heavy atom. The molecule has 0 saturated carbocycles. The van der Waals surface area contributed by atoms with E-state index in [9.17, 15) is 9.59 Å². The molecule has 0 aromatic heterocycles. The molecule has 0 bridgehead atoms. The predicted molar refractivity (Wildman–Crippen MR) is 120 cm³/mol. The average Bonchev–Trinajstić information content (AvgIpc) is 2.77. The molecule has 1 unspecified atom stereocenters. The first-order valence-electron chi connectivity index (χ1n) is 10.4. The lowest BCUT2D eigenvalue weighted by Crippen LogP contribution is -2.38. The zero-order valence-corrected chi connectivity index (χ0v) is 18.9. The van der Waals surface area contributed by atoms with E-state index in [0.29, 0.717) is 23.7 Å². The number of amides is 2. The third-order valence-electron chi connectivity index (χ3n) is 4.91. The molecule has 2 aromatic rings. The number of aryl methyl sites for hydroxylation is 1. The van der Waals surface area contributed by atoms with Gasteiger partial charge in [0.15, 0.2) is 11.5 Å². The van der Waals surface area contributed by atoms with Crippen molar-refractivity contribution in [1.29, 1.82) is 0 Å². The Kier molecular flexibility index (Phi) is 9.18. The molecule has 168 valence electrons. The van der Waals surface area contributed by atoms with Crippen LogP contribution in [0.15, 0.2) is 36.4 Å². The van der Waals surface area contributed by atoms with E-state index in [4.69, 9.17) is 14.2 Å². The van der Waals surface area contributed by atoms with Crippen molar-refractivity contribution < 1.29 is 23.8 Å². The molecule has 2 N–H and O–H groups in total. The van der Waals surface area contributed by atoms with Gasteiger partial charge in [-0.05, 0) is 67.8 Å². The monoisotopic (exact) mass is 428 g/mol. The summed E-state index contributed by atoms with van der Waals surface area (Å²) in [6.07, 6.45) is 2.05. The van der Waals surface area contributed by atoms with Crippen molar-refractivity contribution in [3.05, 3.63) is 53.1 Å². The summed E-state index contributed by atoms with van der Waals surface area (Å²) < 4.78 is 16.2. The van der Waals surface area contributed by atoms with Crippen molar-refractivity contribution in [2.75, 3.05) is 27.4 Å². The van der Waals surface area contributed by atoms with Crippen LogP contribution in [0, 0.1) is 6.92 Å². The summed E-state index contributed by atoms with van der Waals surface area (Å²) in [5.74, 6) is 1.36. The van der Waals surface area contributed by atoms with E-state index in [-0.39, 0.29) is 24.4 Å². The van der Waals surface area contributed by atoms with E-state index in [1.165, 1.54) is 0 Å². The van der Waals surface area contributed by atoms with Crippen LogP contribution in [0.1, 0.15) is 54.2 Å². The maximum absolute atomic E-state index is 12.4. The number of rotatable bonds is 11. The average molecular weight is 429 g/mol. The SMILES string of the molecule is CCCCOc1ccc(C(=O)NCC(=O)NC(C)c2cc(OC)c(OC)cc2C)cc1. The lowest BCUT2D eigenvalue weighted by Gasteiger charge is -2.19. The minimum absolute atomic E-state index is 0.121. The summed E-state index contributed by atoms with van der Waals surface area (Å²) in [5.41, 5.74) is 2.35. The van der Waals surface area contributed by atoms with E-state index in [0.717, 1.165) is 29.7 Å². The number of carbonyl (C=O) groups excluding carboxylic acids is 2. The highest BCUT2D eigenvalue weighted by Crippen LogP contribution is 2.32. The molecule has 0 aliphatic carbocycles. The number of hydrogen-bond donors (Lipinski definition) is 2. The third-order valence-corrected chi connectivity index (χ3v) is 4.91. The fourth-order valence-electron chi connectivity index (χ4n) is 3.13. The fraction of sp³-hybridized carbons (Fsp3) is 0.417. The van der Waals surface area contributed by atoms with Crippen LogP contribution in [-0.4, -0.2) is 39.2 Å². The first kappa shape index (κ1) is 24.1. The van der Waals surface area contributed by atoms with Crippen molar-refractivity contribution in [1.82, 2.24) is 10.6 Å². The Morgan fingerprint density at radius 1 is 1.03 bits per heavy atom. The molecule has 0 saturated heterocycles. The Hall–Kier alpha value is -3.22. The standard InChI is InChI=1S/C24H32N2O5/c1-6-7-12-31-19-10-8-18(9-11-19)24(28)25-15-23(27)26-17(3)20-14-22(30-5)21(29-4)13-16(20)2/h8-11,13-14,17H,6-7,12,15H2,1-5H3,(H,25,28)(H,26,27). The summed E-state index contributed by atoms with van der Waals surface area (Å²) in [4.78, 5) is 24.7. The van der Waals surface area contributed by atoms with Gasteiger partial charge in [0.1, 0.15) is 5.75 Å². The molecule has 0 heterocycles. The molecular weight excluding hydrogens is 396 g/mol. The fourth-order valence-corrected chi connectivity index (χ4v) is 3.13. The molecule has 2 rings (SSSR count). The first-order chi connectivity index (χ1) is 14.9. The summed E-state index contributed by atoms with van der Waals surface area (Å²) in [5, 5.41) is 5.55. The van der Waals surface area contributed by atoms with Gasteiger partial charge in [0.2, 0.25) is 5.91 Å². The number of ether oxygens (including phenoxy) is 3. The van der Waals surface area contributed by atoms with Gasteiger partial charge in [0.25, 0.3) is 5.91 Å². The zero-order chi connectivity index (χ0) is 22.8. The molecule has 7 heteroatoms. The minimum Gasteiger partial charge on any atom is -0.494 e. The largest absolute Gasteiger partial charge is 0.494 e. The van der Waals surface area contributed by atoms with Gasteiger partial charge in [0, 0.05) is 5.56 Å². The highest BCUT2D eigenvalue weighted by atomic mass is 16.5. The maximum Gasteiger partial charge on any atom is 0.251 e. The highest BCUT2D eigenvalue weighted by molar-refractivity contribution is 5.96. The van der Waals surface area contributed by atoms with Crippen LogP contribution in [0.5, 0.6) is 17.2 Å². The van der Waals surface area contributed by atoms with Crippen LogP contribution in [0.4, 0.5) is 0 Å². The summed E-state index contributed by atoms with van der Waals surface area (Å²) in [6, 6.07) is 10.3.